The van der Waals surface area contributed by atoms with Gasteiger partial charge in [-0.1, -0.05) is 0 Å². The van der Waals surface area contributed by atoms with Crippen LogP contribution in [0, 0.1) is 0 Å². The quantitative estimate of drug-likeness (QED) is 0.145. The molecule has 14 atom stereocenters. The molecule has 0 aromatic rings. The molecule has 3 saturated heterocycles. The molecule has 34 heavy (non-hydrogen) atoms. The molecule has 16 heteroatoms. The SMILES string of the molecule is O=C1O[C@H](CO)[C@@H](O[C@H]2O[C@H](CO)[C@@H](O[C@@H]3O[C@H](CO)[C@H](O)[C@H](O)[C@H]3O)[C@H](O)[C@H]2O)[C@H](O)[C@H]1O. The van der Waals surface area contributed by atoms with Crippen LogP contribution in [0.1, 0.15) is 0 Å². The zero-order valence-corrected chi connectivity index (χ0v) is 17.6. The Bertz CT molecular complexity index is 674. The molecule has 0 spiro atoms. The molecule has 10 N–H and O–H groups in total. The summed E-state index contributed by atoms with van der Waals surface area (Å²) in [5.74, 6) is -1.21. The van der Waals surface area contributed by atoms with Crippen LogP contribution in [0.3, 0.4) is 0 Å². The maximum Gasteiger partial charge on any atom is 0.338 e. The second-order valence-electron chi connectivity index (χ2n) is 8.20. The highest BCUT2D eigenvalue weighted by Gasteiger charge is 2.53. The fourth-order valence-electron chi connectivity index (χ4n) is 3.96. The normalized spacial score (nSPS) is 50.1. The van der Waals surface area contributed by atoms with Gasteiger partial charge in [0.05, 0.1) is 19.8 Å². The number of hydrogen-bond acceptors (Lipinski definition) is 16. The molecule has 3 aliphatic rings. The predicted molar refractivity (Wildman–Crippen MR) is 100 cm³/mol. The summed E-state index contributed by atoms with van der Waals surface area (Å²) in [5, 5.41) is 99.2. The van der Waals surface area contributed by atoms with E-state index in [2.05, 4.69) is 0 Å². The Morgan fingerprint density at radius 2 is 1.06 bits per heavy atom. The summed E-state index contributed by atoms with van der Waals surface area (Å²) in [5.41, 5.74) is 0. The van der Waals surface area contributed by atoms with Crippen molar-refractivity contribution < 1.29 is 79.5 Å². The number of carbonyl (C=O) groups is 1. The number of esters is 1. The predicted octanol–water partition coefficient (Wildman–Crippen LogP) is -7.36. The Balaban J connectivity index is 1.72. The van der Waals surface area contributed by atoms with E-state index in [0.29, 0.717) is 0 Å². The van der Waals surface area contributed by atoms with E-state index >= 15 is 0 Å². The molecule has 3 fully saturated rings. The molecule has 0 aliphatic carbocycles. The van der Waals surface area contributed by atoms with Gasteiger partial charge in [-0.05, 0) is 0 Å². The van der Waals surface area contributed by atoms with Crippen molar-refractivity contribution in [3.05, 3.63) is 0 Å². The van der Waals surface area contributed by atoms with Gasteiger partial charge in [-0.25, -0.2) is 4.79 Å². The number of ether oxygens (including phenoxy) is 5. The van der Waals surface area contributed by atoms with Crippen molar-refractivity contribution in [3.8, 4) is 0 Å². The number of cyclic esters (lactones) is 1. The van der Waals surface area contributed by atoms with Crippen LogP contribution in [0.25, 0.3) is 0 Å². The van der Waals surface area contributed by atoms with Gasteiger partial charge >= 0.3 is 5.97 Å². The van der Waals surface area contributed by atoms with E-state index in [4.69, 9.17) is 23.7 Å². The van der Waals surface area contributed by atoms with Crippen molar-refractivity contribution in [2.75, 3.05) is 19.8 Å². The van der Waals surface area contributed by atoms with Crippen LogP contribution in [0.2, 0.25) is 0 Å². The van der Waals surface area contributed by atoms with Crippen LogP contribution in [0.5, 0.6) is 0 Å². The minimum Gasteiger partial charge on any atom is -0.455 e. The van der Waals surface area contributed by atoms with E-state index in [9.17, 15) is 55.9 Å². The zero-order chi connectivity index (χ0) is 25.3. The van der Waals surface area contributed by atoms with Gasteiger partial charge < -0.3 is 74.7 Å². The van der Waals surface area contributed by atoms with Crippen LogP contribution in [0.15, 0.2) is 0 Å². The Labute approximate surface area is 192 Å². The first kappa shape index (κ1) is 27.5. The highest BCUT2D eigenvalue weighted by atomic mass is 16.7. The van der Waals surface area contributed by atoms with Crippen molar-refractivity contribution in [3.63, 3.8) is 0 Å². The molecule has 3 rings (SSSR count). The van der Waals surface area contributed by atoms with Crippen molar-refractivity contribution in [2.24, 2.45) is 0 Å². The fraction of sp³-hybridized carbons (Fsp3) is 0.944. The maximum absolute atomic E-state index is 11.5. The Morgan fingerprint density at radius 3 is 1.59 bits per heavy atom. The van der Waals surface area contributed by atoms with Crippen molar-refractivity contribution >= 4 is 5.97 Å². The largest absolute Gasteiger partial charge is 0.455 e. The first-order chi connectivity index (χ1) is 16.0. The van der Waals surface area contributed by atoms with Crippen LogP contribution in [-0.4, -0.2) is 163 Å². The molecule has 0 unspecified atom stereocenters. The molecule has 0 radical (unpaired) electrons. The standard InChI is InChI=1S/C18H30O16/c19-1-4-7(22)8(23)12(27)17(31-4)34-15-6(3-21)32-18(13(28)10(15)25)33-14-5(2-20)30-16(29)11(26)9(14)24/h4-15,17-28H,1-3H2/t4-,5-,6-,7+,8+,9-,10-,11-,12-,13-,14-,15-,17+,18-/m1/s1. The molecule has 0 aromatic heterocycles. The van der Waals surface area contributed by atoms with Crippen molar-refractivity contribution in [1.29, 1.82) is 0 Å². The average Bonchev–Trinajstić information content (AvgIpc) is 2.83. The summed E-state index contributed by atoms with van der Waals surface area (Å²) in [6, 6.07) is 0. The third-order valence-corrected chi connectivity index (χ3v) is 5.97. The third kappa shape index (κ3) is 5.20. The number of carbonyl (C=O) groups excluding carboxylic acids is 1. The van der Waals surface area contributed by atoms with Crippen molar-refractivity contribution in [2.45, 2.75) is 85.8 Å². The number of hydrogen-bond donors (Lipinski definition) is 10. The third-order valence-electron chi connectivity index (χ3n) is 5.97. The van der Waals surface area contributed by atoms with Gasteiger partial charge in [-0.15, -0.1) is 0 Å². The first-order valence-corrected chi connectivity index (χ1v) is 10.5. The molecule has 3 aliphatic heterocycles. The van der Waals surface area contributed by atoms with Crippen LogP contribution in [-0.2, 0) is 28.5 Å². The lowest BCUT2D eigenvalue weighted by Crippen LogP contribution is -2.66. The molecular formula is C18H30O16. The molecular weight excluding hydrogens is 472 g/mol. The van der Waals surface area contributed by atoms with Crippen LogP contribution in [0.4, 0.5) is 0 Å². The van der Waals surface area contributed by atoms with Crippen LogP contribution >= 0.6 is 0 Å². The average molecular weight is 502 g/mol. The van der Waals surface area contributed by atoms with Crippen molar-refractivity contribution in [1.82, 2.24) is 0 Å². The monoisotopic (exact) mass is 502 g/mol. The summed E-state index contributed by atoms with van der Waals surface area (Å²) in [7, 11) is 0. The van der Waals surface area contributed by atoms with Gasteiger partial charge in [0.25, 0.3) is 0 Å². The number of aliphatic hydroxyl groups is 10. The molecule has 0 aromatic carbocycles. The van der Waals surface area contributed by atoms with E-state index in [-0.39, 0.29) is 0 Å². The molecule has 0 bridgehead atoms. The summed E-state index contributed by atoms with van der Waals surface area (Å²) in [6.07, 6.45) is -23.9. The molecule has 0 amide bonds. The smallest absolute Gasteiger partial charge is 0.338 e. The lowest BCUT2D eigenvalue weighted by Gasteiger charge is -2.47. The Kier molecular flexibility index (Phi) is 9.15. The summed E-state index contributed by atoms with van der Waals surface area (Å²) >= 11 is 0. The van der Waals surface area contributed by atoms with Gasteiger partial charge in [0.1, 0.15) is 61.0 Å². The molecule has 198 valence electrons. The summed E-state index contributed by atoms with van der Waals surface area (Å²) < 4.78 is 26.1. The van der Waals surface area contributed by atoms with E-state index in [0.717, 1.165) is 0 Å². The Hall–Kier alpha value is -1.09. The second-order valence-corrected chi connectivity index (χ2v) is 8.20. The van der Waals surface area contributed by atoms with Crippen LogP contribution < -0.4 is 0 Å². The highest BCUT2D eigenvalue weighted by molar-refractivity contribution is 5.76. The highest BCUT2D eigenvalue weighted by Crippen LogP contribution is 2.31. The topological polar surface area (TPSA) is 266 Å². The minimum absolute atomic E-state index is 0.747. The van der Waals surface area contributed by atoms with Gasteiger partial charge in [0, 0.05) is 0 Å². The lowest BCUT2D eigenvalue weighted by molar-refractivity contribution is -0.369. The summed E-state index contributed by atoms with van der Waals surface area (Å²) in [4.78, 5) is 11.5. The molecule has 0 saturated carbocycles. The molecule has 3 heterocycles. The minimum atomic E-state index is -2.02. The van der Waals surface area contributed by atoms with E-state index in [1.165, 1.54) is 0 Å². The lowest BCUT2D eigenvalue weighted by atomic mass is 9.96. The maximum atomic E-state index is 11.5. The van der Waals surface area contributed by atoms with E-state index < -0.39 is 112 Å². The second kappa shape index (κ2) is 11.3. The van der Waals surface area contributed by atoms with Gasteiger partial charge in [0.15, 0.2) is 24.8 Å². The zero-order valence-electron chi connectivity index (χ0n) is 17.6. The summed E-state index contributed by atoms with van der Waals surface area (Å²) in [6.45, 7) is -2.40. The van der Waals surface area contributed by atoms with E-state index in [1.807, 2.05) is 0 Å². The fourth-order valence-corrected chi connectivity index (χ4v) is 3.96. The first-order valence-electron chi connectivity index (χ1n) is 10.5. The number of rotatable bonds is 7. The van der Waals surface area contributed by atoms with Gasteiger partial charge in [-0.3, -0.25) is 0 Å². The van der Waals surface area contributed by atoms with Gasteiger partial charge in [-0.2, -0.15) is 0 Å². The van der Waals surface area contributed by atoms with E-state index in [1.54, 1.807) is 0 Å². The number of aliphatic hydroxyl groups excluding tert-OH is 10. The molecule has 16 nitrogen and oxygen atoms in total. The van der Waals surface area contributed by atoms with Gasteiger partial charge in [0.2, 0.25) is 0 Å². The Morgan fingerprint density at radius 1 is 0.588 bits per heavy atom.